The molecule has 0 spiro atoms. The second-order valence-electron chi connectivity index (χ2n) is 6.38. The van der Waals surface area contributed by atoms with Crippen molar-refractivity contribution in [3.05, 3.63) is 65.2 Å². The summed E-state index contributed by atoms with van der Waals surface area (Å²) in [5.41, 5.74) is 2.27. The van der Waals surface area contributed by atoms with E-state index >= 15 is 0 Å². The van der Waals surface area contributed by atoms with Crippen LogP contribution in [0.3, 0.4) is 0 Å². The molecule has 0 bridgehead atoms. The molecule has 0 saturated carbocycles. The number of carbonyl (C=O) groups excluding carboxylic acids is 1. The molecule has 0 radical (unpaired) electrons. The van der Waals surface area contributed by atoms with E-state index in [2.05, 4.69) is 10.0 Å². The van der Waals surface area contributed by atoms with Gasteiger partial charge in [-0.2, -0.15) is 0 Å². The Morgan fingerprint density at radius 3 is 2.48 bits per heavy atom. The van der Waals surface area contributed by atoms with Crippen LogP contribution in [0.2, 0.25) is 0 Å². The predicted molar refractivity (Wildman–Crippen MR) is 98.8 cm³/mol. The Labute approximate surface area is 149 Å². The Bertz CT molecular complexity index is 845. The van der Waals surface area contributed by atoms with Crippen molar-refractivity contribution in [2.75, 3.05) is 6.54 Å². The highest BCUT2D eigenvalue weighted by Gasteiger charge is 2.16. The van der Waals surface area contributed by atoms with Gasteiger partial charge < -0.3 is 5.32 Å². The van der Waals surface area contributed by atoms with Crippen LogP contribution in [0.1, 0.15) is 35.3 Å². The van der Waals surface area contributed by atoms with Gasteiger partial charge in [-0.3, -0.25) is 4.79 Å². The second kappa shape index (κ2) is 8.27. The van der Waals surface area contributed by atoms with Gasteiger partial charge in [0.05, 0.1) is 4.90 Å². The van der Waals surface area contributed by atoms with Crippen LogP contribution in [-0.4, -0.2) is 20.9 Å². The summed E-state index contributed by atoms with van der Waals surface area (Å²) >= 11 is 0. The van der Waals surface area contributed by atoms with Crippen molar-refractivity contribution in [1.29, 1.82) is 0 Å². The molecule has 0 aliphatic carbocycles. The Balaban J connectivity index is 2.12. The third-order valence-electron chi connectivity index (χ3n) is 3.79. The van der Waals surface area contributed by atoms with E-state index in [1.807, 2.05) is 45.0 Å². The van der Waals surface area contributed by atoms with E-state index < -0.39 is 10.0 Å². The molecule has 0 aromatic heterocycles. The van der Waals surface area contributed by atoms with Gasteiger partial charge in [-0.05, 0) is 42.2 Å². The van der Waals surface area contributed by atoms with E-state index in [1.54, 1.807) is 12.1 Å². The van der Waals surface area contributed by atoms with Crippen molar-refractivity contribution >= 4 is 15.9 Å². The van der Waals surface area contributed by atoms with Crippen molar-refractivity contribution in [2.45, 2.75) is 32.2 Å². The monoisotopic (exact) mass is 360 g/mol. The highest BCUT2D eigenvalue weighted by molar-refractivity contribution is 7.89. The molecule has 0 fully saturated rings. The molecule has 2 rings (SSSR count). The van der Waals surface area contributed by atoms with Gasteiger partial charge in [0.1, 0.15) is 0 Å². The van der Waals surface area contributed by atoms with Crippen molar-refractivity contribution in [3.8, 4) is 0 Å². The Hall–Kier alpha value is -2.18. The molecule has 6 heteroatoms. The molecule has 134 valence electrons. The maximum Gasteiger partial charge on any atom is 0.251 e. The van der Waals surface area contributed by atoms with Gasteiger partial charge in [0.25, 0.3) is 5.91 Å². The zero-order chi connectivity index (χ0) is 18.4. The average Bonchev–Trinajstić information content (AvgIpc) is 2.59. The molecule has 1 amide bonds. The van der Waals surface area contributed by atoms with E-state index in [-0.39, 0.29) is 17.3 Å². The number of amides is 1. The predicted octanol–water partition coefficient (Wildman–Crippen LogP) is 2.86. The van der Waals surface area contributed by atoms with Gasteiger partial charge in [0.15, 0.2) is 0 Å². The van der Waals surface area contributed by atoms with E-state index in [0.717, 1.165) is 11.1 Å². The average molecular weight is 360 g/mol. The van der Waals surface area contributed by atoms with Crippen molar-refractivity contribution in [3.63, 3.8) is 0 Å². The van der Waals surface area contributed by atoms with Crippen LogP contribution in [0.4, 0.5) is 0 Å². The number of rotatable bonds is 7. The lowest BCUT2D eigenvalue weighted by molar-refractivity contribution is 0.0949. The lowest BCUT2D eigenvalue weighted by Crippen LogP contribution is -2.28. The Kier molecular flexibility index (Phi) is 6.33. The number of sulfonamides is 1. The van der Waals surface area contributed by atoms with Crippen LogP contribution < -0.4 is 10.0 Å². The van der Waals surface area contributed by atoms with Gasteiger partial charge in [-0.1, -0.05) is 44.2 Å². The first-order valence-electron chi connectivity index (χ1n) is 8.22. The molecule has 25 heavy (non-hydrogen) atoms. The summed E-state index contributed by atoms with van der Waals surface area (Å²) in [5, 5.41) is 2.79. The molecule has 5 nitrogen and oxygen atoms in total. The number of hydrogen-bond donors (Lipinski definition) is 2. The largest absolute Gasteiger partial charge is 0.352 e. The molecular weight excluding hydrogens is 336 g/mol. The SMILES string of the molecule is Cc1ccccc1CNS(=O)(=O)c1cccc(C(=O)NCC(C)C)c1. The highest BCUT2D eigenvalue weighted by atomic mass is 32.2. The lowest BCUT2D eigenvalue weighted by atomic mass is 10.1. The van der Waals surface area contributed by atoms with Gasteiger partial charge in [-0.25, -0.2) is 13.1 Å². The van der Waals surface area contributed by atoms with Crippen LogP contribution in [0.15, 0.2) is 53.4 Å². The topological polar surface area (TPSA) is 75.3 Å². The second-order valence-corrected chi connectivity index (χ2v) is 8.15. The lowest BCUT2D eigenvalue weighted by Gasteiger charge is -2.11. The van der Waals surface area contributed by atoms with Crippen LogP contribution in [0, 0.1) is 12.8 Å². The molecule has 0 aliphatic heterocycles. The molecule has 0 unspecified atom stereocenters. The first-order chi connectivity index (χ1) is 11.8. The number of benzene rings is 2. The van der Waals surface area contributed by atoms with Gasteiger partial charge in [0, 0.05) is 18.7 Å². The minimum Gasteiger partial charge on any atom is -0.352 e. The number of aryl methyl sites for hydroxylation is 1. The van der Waals surface area contributed by atoms with Crippen molar-refractivity contribution in [1.82, 2.24) is 10.0 Å². The fourth-order valence-electron chi connectivity index (χ4n) is 2.27. The maximum atomic E-state index is 12.5. The normalized spacial score (nSPS) is 11.5. The van der Waals surface area contributed by atoms with Gasteiger partial charge >= 0.3 is 0 Å². The van der Waals surface area contributed by atoms with Crippen LogP contribution in [0.5, 0.6) is 0 Å². The van der Waals surface area contributed by atoms with E-state index in [0.29, 0.717) is 18.0 Å². The van der Waals surface area contributed by atoms with E-state index in [9.17, 15) is 13.2 Å². The standard InChI is InChI=1S/C19H24N2O3S/c1-14(2)12-20-19(22)16-9-6-10-18(11-16)25(23,24)21-13-17-8-5-4-7-15(17)3/h4-11,14,21H,12-13H2,1-3H3,(H,20,22). The summed E-state index contributed by atoms with van der Waals surface area (Å²) in [6.45, 7) is 6.68. The van der Waals surface area contributed by atoms with Gasteiger partial charge in [-0.15, -0.1) is 0 Å². The van der Waals surface area contributed by atoms with Crippen molar-refractivity contribution < 1.29 is 13.2 Å². The summed E-state index contributed by atoms with van der Waals surface area (Å²) in [4.78, 5) is 12.2. The minimum atomic E-state index is -3.69. The number of carbonyl (C=O) groups is 1. The molecule has 0 aliphatic rings. The highest BCUT2D eigenvalue weighted by Crippen LogP contribution is 2.13. The van der Waals surface area contributed by atoms with Gasteiger partial charge in [0.2, 0.25) is 10.0 Å². The third kappa shape index (κ3) is 5.41. The first kappa shape index (κ1) is 19.1. The summed E-state index contributed by atoms with van der Waals surface area (Å²) in [6.07, 6.45) is 0. The van der Waals surface area contributed by atoms with Crippen LogP contribution in [-0.2, 0) is 16.6 Å². The molecule has 0 heterocycles. The molecular formula is C19H24N2O3S. The van der Waals surface area contributed by atoms with Crippen LogP contribution in [0.25, 0.3) is 0 Å². The van der Waals surface area contributed by atoms with E-state index in [1.165, 1.54) is 12.1 Å². The smallest absolute Gasteiger partial charge is 0.251 e. The maximum absolute atomic E-state index is 12.5. The van der Waals surface area contributed by atoms with Crippen LogP contribution >= 0.6 is 0 Å². The third-order valence-corrected chi connectivity index (χ3v) is 5.19. The fraction of sp³-hybridized carbons (Fsp3) is 0.316. The minimum absolute atomic E-state index is 0.0817. The molecule has 0 atom stereocenters. The summed E-state index contributed by atoms with van der Waals surface area (Å²) < 4.78 is 27.6. The number of nitrogens with one attached hydrogen (secondary N) is 2. The molecule has 2 N–H and O–H groups in total. The fourth-order valence-corrected chi connectivity index (χ4v) is 3.32. The summed E-state index contributed by atoms with van der Waals surface area (Å²) in [7, 11) is -3.69. The Morgan fingerprint density at radius 1 is 1.08 bits per heavy atom. The number of hydrogen-bond acceptors (Lipinski definition) is 3. The summed E-state index contributed by atoms with van der Waals surface area (Å²) in [5.74, 6) is 0.0521. The first-order valence-corrected chi connectivity index (χ1v) is 9.70. The zero-order valence-electron chi connectivity index (χ0n) is 14.7. The Morgan fingerprint density at radius 2 is 1.80 bits per heavy atom. The van der Waals surface area contributed by atoms with E-state index in [4.69, 9.17) is 0 Å². The van der Waals surface area contributed by atoms with Crippen molar-refractivity contribution in [2.24, 2.45) is 5.92 Å². The molecule has 0 saturated heterocycles. The molecule has 2 aromatic carbocycles. The quantitative estimate of drug-likeness (QED) is 0.797. The summed E-state index contributed by atoms with van der Waals surface area (Å²) in [6, 6.07) is 13.7. The zero-order valence-corrected chi connectivity index (χ0v) is 15.6. The molecule has 2 aromatic rings.